The van der Waals surface area contributed by atoms with E-state index in [1.54, 1.807) is 0 Å². The van der Waals surface area contributed by atoms with Crippen LogP contribution >= 0.6 is 0 Å². The number of hydrogen-bond donors (Lipinski definition) is 1. The summed E-state index contributed by atoms with van der Waals surface area (Å²) < 4.78 is 16.9. The number of Topliss-reactive ketones (excluding diaryl/α,β-unsaturated/α-hetero) is 1. The van der Waals surface area contributed by atoms with Crippen molar-refractivity contribution >= 4 is 11.8 Å². The van der Waals surface area contributed by atoms with Crippen molar-refractivity contribution in [2.45, 2.75) is 24.0 Å². The first-order chi connectivity index (χ1) is 15.9. The van der Waals surface area contributed by atoms with Gasteiger partial charge in [0.25, 0.3) is 0 Å². The van der Waals surface area contributed by atoms with Gasteiger partial charge in [0.15, 0.2) is 22.7 Å². The number of esters is 1. The topological polar surface area (TPSA) is 95.0 Å². The fraction of sp³-hybridized carbons (Fsp3) is 0.269. The van der Waals surface area contributed by atoms with Crippen LogP contribution in [0, 0.1) is 12.8 Å². The average molecular weight is 445 g/mol. The lowest BCUT2D eigenvalue weighted by Gasteiger charge is -2.65. The van der Waals surface area contributed by atoms with E-state index in [-0.39, 0.29) is 17.1 Å². The maximum absolute atomic E-state index is 14.0. The highest BCUT2D eigenvalue weighted by molar-refractivity contribution is 6.12. The van der Waals surface area contributed by atoms with Gasteiger partial charge in [-0.2, -0.15) is 0 Å². The molecule has 3 aromatic rings. The van der Waals surface area contributed by atoms with Crippen LogP contribution in [0.5, 0.6) is 11.5 Å². The minimum absolute atomic E-state index is 0.0538. The van der Waals surface area contributed by atoms with Crippen LogP contribution in [0.15, 0.2) is 67.0 Å². The van der Waals surface area contributed by atoms with Gasteiger partial charge in [0, 0.05) is 5.92 Å². The molecule has 4 atom stereocenters. The second kappa shape index (κ2) is 7.42. The summed E-state index contributed by atoms with van der Waals surface area (Å²) in [5, 5.41) is 12.2. The van der Waals surface area contributed by atoms with Crippen LogP contribution < -0.4 is 9.47 Å². The molecule has 7 nitrogen and oxygen atoms in total. The van der Waals surface area contributed by atoms with Gasteiger partial charge < -0.3 is 19.3 Å². The molecule has 168 valence electrons. The number of hydrogen-bond acceptors (Lipinski definition) is 7. The second-order valence-corrected chi connectivity index (χ2v) is 8.40. The summed E-state index contributed by atoms with van der Waals surface area (Å²) in [6, 6.07) is 16.6. The van der Waals surface area contributed by atoms with Gasteiger partial charge >= 0.3 is 5.97 Å². The van der Waals surface area contributed by atoms with Crippen LogP contribution in [0.1, 0.15) is 33.0 Å². The molecule has 1 aliphatic carbocycles. The number of ketones is 1. The van der Waals surface area contributed by atoms with Crippen LogP contribution in [0.2, 0.25) is 0 Å². The number of carbonyl (C=O) groups is 2. The van der Waals surface area contributed by atoms with Crippen LogP contribution in [-0.2, 0) is 15.1 Å². The fourth-order valence-corrected chi connectivity index (χ4v) is 5.32. The van der Waals surface area contributed by atoms with Gasteiger partial charge in [-0.15, -0.1) is 0 Å². The number of ether oxygens (including phenoxy) is 3. The quantitative estimate of drug-likeness (QED) is 0.617. The zero-order chi connectivity index (χ0) is 23.4. The van der Waals surface area contributed by atoms with Gasteiger partial charge in [0.2, 0.25) is 5.78 Å². The Labute approximate surface area is 190 Å². The van der Waals surface area contributed by atoms with E-state index in [0.29, 0.717) is 5.56 Å². The van der Waals surface area contributed by atoms with Crippen molar-refractivity contribution in [1.82, 2.24) is 4.98 Å². The molecule has 33 heavy (non-hydrogen) atoms. The molecule has 0 radical (unpaired) electrons. The minimum Gasteiger partial charge on any atom is -0.494 e. The Kier molecular flexibility index (Phi) is 4.76. The monoisotopic (exact) mass is 445 g/mol. The molecule has 0 saturated heterocycles. The zero-order valence-electron chi connectivity index (χ0n) is 18.4. The lowest BCUT2D eigenvalue weighted by Crippen LogP contribution is -2.80. The number of pyridine rings is 1. The van der Waals surface area contributed by atoms with Crippen molar-refractivity contribution in [2.24, 2.45) is 5.92 Å². The van der Waals surface area contributed by atoms with Gasteiger partial charge in [-0.25, -0.2) is 0 Å². The first-order valence-electron chi connectivity index (χ1n) is 10.6. The van der Waals surface area contributed by atoms with Gasteiger partial charge in [-0.05, 0) is 18.1 Å². The van der Waals surface area contributed by atoms with E-state index in [4.69, 9.17) is 14.2 Å². The largest absolute Gasteiger partial charge is 0.494 e. The van der Waals surface area contributed by atoms with Crippen LogP contribution in [0.25, 0.3) is 0 Å². The molecule has 0 bridgehead atoms. The molecule has 5 rings (SSSR count). The van der Waals surface area contributed by atoms with E-state index in [9.17, 15) is 14.7 Å². The Morgan fingerprint density at radius 1 is 1.06 bits per heavy atom. The molecule has 0 amide bonds. The van der Waals surface area contributed by atoms with Crippen LogP contribution in [0.4, 0.5) is 0 Å². The first kappa shape index (κ1) is 21.2. The van der Waals surface area contributed by atoms with E-state index in [1.807, 2.05) is 61.5 Å². The van der Waals surface area contributed by atoms with Crippen molar-refractivity contribution < 1.29 is 28.9 Å². The molecule has 1 aromatic heterocycles. The predicted octanol–water partition coefficient (Wildman–Crippen LogP) is 3.19. The number of aryl methyl sites for hydroxylation is 1. The summed E-state index contributed by atoms with van der Waals surface area (Å²) in [4.78, 5) is 31.2. The number of carbonyl (C=O) groups excluding carboxylic acids is 2. The molecule has 1 saturated carbocycles. The Morgan fingerprint density at radius 3 is 2.39 bits per heavy atom. The van der Waals surface area contributed by atoms with E-state index in [2.05, 4.69) is 4.98 Å². The molecule has 3 unspecified atom stereocenters. The van der Waals surface area contributed by atoms with Crippen LogP contribution in [-0.4, -0.2) is 41.7 Å². The summed E-state index contributed by atoms with van der Waals surface area (Å²) in [6.07, 6.45) is 2.81. The number of aromatic nitrogens is 1. The molecule has 1 aliphatic heterocycles. The third-order valence-corrected chi connectivity index (χ3v) is 6.82. The lowest BCUT2D eigenvalue weighted by atomic mass is 9.44. The van der Waals surface area contributed by atoms with Gasteiger partial charge in [0.1, 0.15) is 11.5 Å². The minimum atomic E-state index is -2.22. The van der Waals surface area contributed by atoms with Crippen molar-refractivity contribution in [3.8, 4) is 11.5 Å². The molecule has 2 heterocycles. The number of fused-ring (bicyclic) bond motifs is 2. The normalized spacial score (nSPS) is 27.5. The number of benzene rings is 2. The van der Waals surface area contributed by atoms with E-state index in [1.165, 1.54) is 26.6 Å². The zero-order valence-corrected chi connectivity index (χ0v) is 18.4. The Balaban J connectivity index is 1.84. The number of nitrogens with zero attached hydrogens (tertiary/aromatic N) is 1. The van der Waals surface area contributed by atoms with Crippen LogP contribution in [0.3, 0.4) is 0 Å². The first-order valence-corrected chi connectivity index (χ1v) is 10.6. The SMILES string of the molecule is COC(=O)[C@@H]1C(c2ccccc2)C2(c3ccc(C)cc3)Oc3cncc(OC)c3C(=O)C12O. The molecule has 7 heteroatoms. The third kappa shape index (κ3) is 2.63. The number of aliphatic hydroxyl groups is 1. The third-order valence-electron chi connectivity index (χ3n) is 6.82. The Bertz CT molecular complexity index is 1240. The highest BCUT2D eigenvalue weighted by Gasteiger charge is 2.82. The van der Waals surface area contributed by atoms with Crippen molar-refractivity contribution in [1.29, 1.82) is 0 Å². The highest BCUT2D eigenvalue weighted by Crippen LogP contribution is 2.68. The van der Waals surface area contributed by atoms with Crippen molar-refractivity contribution in [2.75, 3.05) is 14.2 Å². The summed E-state index contributed by atoms with van der Waals surface area (Å²) in [5.74, 6) is -2.88. The van der Waals surface area contributed by atoms with Gasteiger partial charge in [0.05, 0.1) is 26.6 Å². The molecule has 2 aromatic carbocycles. The molecule has 2 aliphatic rings. The Morgan fingerprint density at radius 2 is 1.76 bits per heavy atom. The highest BCUT2D eigenvalue weighted by atomic mass is 16.5. The fourth-order valence-electron chi connectivity index (χ4n) is 5.32. The van der Waals surface area contributed by atoms with Crippen molar-refractivity contribution in [3.63, 3.8) is 0 Å². The average Bonchev–Trinajstić information content (AvgIpc) is 2.84. The Hall–Kier alpha value is -3.71. The number of rotatable bonds is 4. The number of methoxy groups -OCH3 is 2. The van der Waals surface area contributed by atoms with Gasteiger partial charge in [-0.1, -0.05) is 60.2 Å². The second-order valence-electron chi connectivity index (χ2n) is 8.40. The molecular weight excluding hydrogens is 422 g/mol. The molecule has 1 fully saturated rings. The molecular formula is C26H23NO6. The predicted molar refractivity (Wildman–Crippen MR) is 118 cm³/mol. The summed E-state index contributed by atoms with van der Waals surface area (Å²) in [7, 11) is 2.65. The molecule has 1 N–H and O–H groups in total. The van der Waals surface area contributed by atoms with E-state index in [0.717, 1.165) is 11.1 Å². The summed E-state index contributed by atoms with van der Waals surface area (Å²) >= 11 is 0. The van der Waals surface area contributed by atoms with Gasteiger partial charge in [-0.3, -0.25) is 14.6 Å². The van der Waals surface area contributed by atoms with E-state index >= 15 is 0 Å². The smallest absolute Gasteiger partial charge is 0.313 e. The summed E-state index contributed by atoms with van der Waals surface area (Å²) in [6.45, 7) is 1.94. The van der Waals surface area contributed by atoms with E-state index < -0.39 is 34.8 Å². The maximum atomic E-state index is 14.0. The lowest BCUT2D eigenvalue weighted by molar-refractivity contribution is -0.251. The maximum Gasteiger partial charge on any atom is 0.313 e. The standard InChI is InChI=1S/C26H23NO6/c1-15-9-11-17(12-10-15)26-21(16-7-5-4-6-8-16)22(24(29)32-3)25(26,30)23(28)20-18(31-2)13-27-14-19(20)33-26/h4-14,21-22,30H,1-3H3/t21?,22-,25?,26?/m0/s1. The summed E-state index contributed by atoms with van der Waals surface area (Å²) in [5.41, 5.74) is -1.42. The van der Waals surface area contributed by atoms with Crippen molar-refractivity contribution in [3.05, 3.63) is 89.2 Å². The molecule has 0 spiro atoms.